The Kier molecular flexibility index (Phi) is 11.8. The minimum Gasteiger partial charge on any atom is -0.342 e. The number of halogens is 2. The lowest BCUT2D eigenvalue weighted by Gasteiger charge is -2.28. The highest BCUT2D eigenvalue weighted by Gasteiger charge is 2.32. The van der Waals surface area contributed by atoms with E-state index in [4.69, 9.17) is 23.2 Å². The van der Waals surface area contributed by atoms with Crippen molar-refractivity contribution in [2.24, 2.45) is 11.2 Å². The largest absolute Gasteiger partial charge is 0.342 e. The normalized spacial score (nSPS) is 12.6. The van der Waals surface area contributed by atoms with Gasteiger partial charge in [-0.3, -0.25) is 14.9 Å². The van der Waals surface area contributed by atoms with E-state index in [2.05, 4.69) is 21.2 Å². The fourth-order valence-corrected chi connectivity index (χ4v) is 2.96. The maximum absolute atomic E-state index is 13.0. The van der Waals surface area contributed by atoms with Gasteiger partial charge in [0.25, 0.3) is 5.91 Å². The monoisotopic (exact) mass is 459 g/mol. The topological polar surface area (TPSA) is 120 Å². The van der Waals surface area contributed by atoms with E-state index >= 15 is 0 Å². The van der Waals surface area contributed by atoms with Crippen molar-refractivity contribution in [3.05, 3.63) is 40.8 Å². The number of nitrogens with one attached hydrogen (secondary N) is 3. The molecule has 3 N–H and O–H groups in total. The minimum atomic E-state index is -0.998. The number of imide groups is 1. The molecule has 2 unspecified atom stereocenters. The van der Waals surface area contributed by atoms with E-state index in [9.17, 15) is 19.3 Å². The summed E-state index contributed by atoms with van der Waals surface area (Å²) in [6.45, 7) is 3.70. The first-order valence-electron chi connectivity index (χ1n) is 9.48. The third-order valence-corrected chi connectivity index (χ3v) is 4.57. The molecular formula is C19H27Cl2N5O4. The first-order valence-corrected chi connectivity index (χ1v) is 10.6. The van der Waals surface area contributed by atoms with Crippen LogP contribution in [0.25, 0.3) is 0 Å². The van der Waals surface area contributed by atoms with E-state index < -0.39 is 29.9 Å². The Balaban J connectivity index is 2.97. The Hall–Kier alpha value is -2.39. The van der Waals surface area contributed by atoms with Gasteiger partial charge in [-0.2, -0.15) is 0 Å². The number of hydrogen-bond donors (Lipinski definition) is 3. The van der Waals surface area contributed by atoms with Gasteiger partial charge in [0.05, 0.1) is 11.8 Å². The zero-order chi connectivity index (χ0) is 22.5. The summed E-state index contributed by atoms with van der Waals surface area (Å²) in [5.41, 5.74) is 0.812. The first kappa shape index (κ1) is 25.6. The first-order chi connectivity index (χ1) is 14.3. The van der Waals surface area contributed by atoms with Gasteiger partial charge in [0.2, 0.25) is 5.91 Å². The van der Waals surface area contributed by atoms with Crippen molar-refractivity contribution in [1.82, 2.24) is 21.0 Å². The number of rotatable bonds is 12. The molecule has 0 bridgehead atoms. The summed E-state index contributed by atoms with van der Waals surface area (Å²) >= 11 is 11.2. The number of nitrogens with zero attached hydrogens (tertiary/aromatic N) is 2. The van der Waals surface area contributed by atoms with Crippen molar-refractivity contribution in [2.75, 3.05) is 24.8 Å². The molecule has 0 aliphatic rings. The van der Waals surface area contributed by atoms with Crippen molar-refractivity contribution in [3.63, 3.8) is 0 Å². The Bertz CT molecular complexity index is 705. The number of carbonyl (C=O) groups is 3. The number of nitroso groups, excluding NO2 is 1. The fraction of sp³-hybridized carbons (Fsp3) is 0.526. The van der Waals surface area contributed by atoms with Gasteiger partial charge in [-0.05, 0) is 11.5 Å². The third-order valence-electron chi connectivity index (χ3n) is 4.22. The summed E-state index contributed by atoms with van der Waals surface area (Å²) in [7, 11) is 0. The predicted octanol–water partition coefficient (Wildman–Crippen LogP) is 2.03. The second-order valence-corrected chi connectivity index (χ2v) is 7.56. The highest BCUT2D eigenvalue weighted by Crippen LogP contribution is 2.12. The van der Waals surface area contributed by atoms with Gasteiger partial charge >= 0.3 is 6.03 Å². The van der Waals surface area contributed by atoms with Gasteiger partial charge in [0.15, 0.2) is 0 Å². The number of amides is 4. The predicted molar refractivity (Wildman–Crippen MR) is 116 cm³/mol. The van der Waals surface area contributed by atoms with E-state index in [1.54, 1.807) is 13.8 Å². The standard InChI is InChI=1S/C19H27Cl2N5O4/c1-13(2)16(18(28)24-19(29)22-10-8-20)23-17(27)15(26(25-30)11-9-21)12-14-6-4-3-5-7-14/h3-7,13,15-16H,8-12H2,1-2H3,(H,23,27)(H2,22,24,28,29). The van der Waals surface area contributed by atoms with Gasteiger partial charge in [0.1, 0.15) is 12.1 Å². The van der Waals surface area contributed by atoms with Crippen LogP contribution in [0.5, 0.6) is 0 Å². The molecule has 0 saturated carbocycles. The van der Waals surface area contributed by atoms with Crippen molar-refractivity contribution in [2.45, 2.75) is 32.4 Å². The SMILES string of the molecule is CC(C)C(NC(=O)C(Cc1ccccc1)N(CCCl)N=O)C(=O)NC(=O)NCCCl. The van der Waals surface area contributed by atoms with Crippen LogP contribution < -0.4 is 16.0 Å². The lowest BCUT2D eigenvalue weighted by atomic mass is 10.0. The molecule has 30 heavy (non-hydrogen) atoms. The molecule has 2 atom stereocenters. The molecule has 0 aliphatic heterocycles. The summed E-state index contributed by atoms with van der Waals surface area (Å²) in [5.74, 6) is -1.27. The zero-order valence-corrected chi connectivity index (χ0v) is 18.4. The van der Waals surface area contributed by atoms with Gasteiger partial charge in [-0.25, -0.2) is 9.80 Å². The molecule has 4 amide bonds. The summed E-state index contributed by atoms with van der Waals surface area (Å²) in [6, 6.07) is 6.42. The van der Waals surface area contributed by atoms with Crippen LogP contribution in [0.15, 0.2) is 35.6 Å². The Morgan fingerprint density at radius 2 is 1.73 bits per heavy atom. The molecular weight excluding hydrogens is 433 g/mol. The number of urea groups is 1. The maximum Gasteiger partial charge on any atom is 0.321 e. The van der Waals surface area contributed by atoms with Crippen LogP contribution in [0.1, 0.15) is 19.4 Å². The third kappa shape index (κ3) is 8.54. The van der Waals surface area contributed by atoms with Gasteiger partial charge in [-0.1, -0.05) is 44.2 Å². The van der Waals surface area contributed by atoms with E-state index in [-0.39, 0.29) is 37.2 Å². The van der Waals surface area contributed by atoms with Crippen molar-refractivity contribution < 1.29 is 14.4 Å². The molecule has 1 aromatic carbocycles. The van der Waals surface area contributed by atoms with E-state index in [0.29, 0.717) is 0 Å². The minimum absolute atomic E-state index is 0.0648. The lowest BCUT2D eigenvalue weighted by molar-refractivity contribution is -0.132. The lowest BCUT2D eigenvalue weighted by Crippen LogP contribution is -2.57. The van der Waals surface area contributed by atoms with Crippen LogP contribution >= 0.6 is 23.2 Å². The number of benzene rings is 1. The van der Waals surface area contributed by atoms with Crippen LogP contribution in [-0.2, 0) is 16.0 Å². The Morgan fingerprint density at radius 1 is 1.07 bits per heavy atom. The summed E-state index contributed by atoms with van der Waals surface area (Å²) < 4.78 is 0. The average Bonchev–Trinajstić information content (AvgIpc) is 2.73. The van der Waals surface area contributed by atoms with Crippen LogP contribution in [0.2, 0.25) is 0 Å². The van der Waals surface area contributed by atoms with Crippen molar-refractivity contribution in [3.8, 4) is 0 Å². The second kappa shape index (κ2) is 13.8. The zero-order valence-electron chi connectivity index (χ0n) is 16.9. The molecule has 1 aromatic rings. The smallest absolute Gasteiger partial charge is 0.321 e. The fourth-order valence-electron chi connectivity index (χ4n) is 2.69. The second-order valence-electron chi connectivity index (χ2n) is 6.80. The molecule has 0 saturated heterocycles. The number of alkyl halides is 2. The van der Waals surface area contributed by atoms with Gasteiger partial charge in [0, 0.05) is 24.7 Å². The Morgan fingerprint density at radius 3 is 2.27 bits per heavy atom. The molecule has 0 heterocycles. The molecule has 0 radical (unpaired) electrons. The molecule has 0 aliphatic carbocycles. The van der Waals surface area contributed by atoms with Crippen molar-refractivity contribution in [1.29, 1.82) is 0 Å². The molecule has 0 spiro atoms. The quantitative estimate of drug-likeness (QED) is 0.251. The van der Waals surface area contributed by atoms with Crippen molar-refractivity contribution >= 4 is 41.0 Å². The highest BCUT2D eigenvalue weighted by atomic mass is 35.5. The molecule has 0 aromatic heterocycles. The van der Waals surface area contributed by atoms with E-state index in [1.807, 2.05) is 30.3 Å². The molecule has 166 valence electrons. The molecule has 9 nitrogen and oxygen atoms in total. The number of carbonyl (C=O) groups excluding carboxylic acids is 3. The van der Waals surface area contributed by atoms with Gasteiger partial charge < -0.3 is 10.6 Å². The summed E-state index contributed by atoms with van der Waals surface area (Å²) in [5, 5.41) is 11.2. The number of hydrogen-bond acceptors (Lipinski definition) is 5. The summed E-state index contributed by atoms with van der Waals surface area (Å²) in [6.07, 6.45) is 0.192. The van der Waals surface area contributed by atoms with Crippen LogP contribution in [0.3, 0.4) is 0 Å². The highest BCUT2D eigenvalue weighted by molar-refractivity contribution is 6.18. The maximum atomic E-state index is 13.0. The van der Waals surface area contributed by atoms with Crippen LogP contribution in [-0.4, -0.2) is 59.8 Å². The molecule has 11 heteroatoms. The van der Waals surface area contributed by atoms with Crippen LogP contribution in [0.4, 0.5) is 4.79 Å². The summed E-state index contributed by atoms with van der Waals surface area (Å²) in [4.78, 5) is 48.6. The molecule has 1 rings (SSSR count). The average molecular weight is 460 g/mol. The Labute approximate surface area is 185 Å². The van der Waals surface area contributed by atoms with Gasteiger partial charge in [-0.15, -0.1) is 28.1 Å². The van der Waals surface area contributed by atoms with E-state index in [0.717, 1.165) is 10.6 Å². The van der Waals surface area contributed by atoms with E-state index in [1.165, 1.54) is 0 Å². The van der Waals surface area contributed by atoms with Crippen LogP contribution in [0, 0.1) is 10.8 Å². The molecule has 0 fully saturated rings.